The molecule has 3 unspecified atom stereocenters. The van der Waals surface area contributed by atoms with E-state index in [0.29, 0.717) is 12.8 Å². The highest BCUT2D eigenvalue weighted by Crippen LogP contribution is 2.42. The molecule has 0 amide bonds. The Balaban J connectivity index is 2.78. The highest BCUT2D eigenvalue weighted by atomic mass is 31.2. The fourth-order valence-corrected chi connectivity index (χ4v) is 3.56. The minimum atomic E-state index is -5.07. The van der Waals surface area contributed by atoms with Crippen LogP contribution in [0.2, 0.25) is 0 Å². The third kappa shape index (κ3) is 5.67. The Hall–Kier alpha value is -0.130. The maximum Gasteiger partial charge on any atom is 0.389 e. The van der Waals surface area contributed by atoms with Gasteiger partial charge in [0.15, 0.2) is 0 Å². The van der Waals surface area contributed by atoms with Crippen molar-refractivity contribution >= 4 is 7.60 Å². The van der Waals surface area contributed by atoms with Crippen molar-refractivity contribution in [2.24, 2.45) is 11.8 Å². The van der Waals surface area contributed by atoms with Gasteiger partial charge in [-0.15, -0.1) is 0 Å². The number of hydrogen-bond donors (Lipinski definition) is 0. The Bertz CT molecular complexity index is 315. The van der Waals surface area contributed by atoms with E-state index in [2.05, 4.69) is 0 Å². The average Bonchev–Trinajstić information content (AvgIpc) is 2.12. The van der Waals surface area contributed by atoms with Crippen LogP contribution in [-0.2, 0) is 4.57 Å². The first-order chi connectivity index (χ1) is 8.08. The van der Waals surface area contributed by atoms with Crippen molar-refractivity contribution in [1.29, 1.82) is 0 Å². The van der Waals surface area contributed by atoms with Crippen molar-refractivity contribution in [1.82, 2.24) is 0 Å². The lowest BCUT2D eigenvalue weighted by Crippen LogP contribution is -2.35. The molecule has 0 aromatic heterocycles. The molecule has 0 aromatic rings. The van der Waals surface area contributed by atoms with Crippen LogP contribution in [0, 0.1) is 11.8 Å². The van der Waals surface area contributed by atoms with Crippen molar-refractivity contribution in [3.8, 4) is 0 Å². The van der Waals surface area contributed by atoms with Gasteiger partial charge in [0.1, 0.15) is 6.17 Å². The third-order valence-corrected chi connectivity index (χ3v) is 4.21. The van der Waals surface area contributed by atoms with E-state index in [1.165, 1.54) is 0 Å². The summed E-state index contributed by atoms with van der Waals surface area (Å²) in [6.07, 6.45) is -7.05. The summed E-state index contributed by atoms with van der Waals surface area (Å²) in [5.74, 6) is -2.43. The summed E-state index contributed by atoms with van der Waals surface area (Å²) in [6.45, 7) is 0. The first-order valence-electron chi connectivity index (χ1n) is 5.80. The standard InChI is InChI=1S/C10H17F4O3P/c11-9-4-2-1-3-8(9)7(5-10(12,13)14)6-18(15,16)17/h7-9H,1-6H2,(H2,15,16,17)/p-2. The molecule has 3 atom stereocenters. The molecule has 1 rings (SSSR count). The molecule has 1 aliphatic rings. The summed E-state index contributed by atoms with van der Waals surface area (Å²) in [6, 6.07) is 0. The van der Waals surface area contributed by atoms with Gasteiger partial charge in [-0.3, -0.25) is 0 Å². The maximum atomic E-state index is 13.6. The summed E-state index contributed by atoms with van der Waals surface area (Å²) in [5.41, 5.74) is 0. The maximum absolute atomic E-state index is 13.6. The van der Waals surface area contributed by atoms with Gasteiger partial charge >= 0.3 is 6.18 Å². The monoisotopic (exact) mass is 290 g/mol. The molecule has 3 nitrogen and oxygen atoms in total. The summed E-state index contributed by atoms with van der Waals surface area (Å²) >= 11 is 0. The van der Waals surface area contributed by atoms with Crippen molar-refractivity contribution in [3.05, 3.63) is 0 Å². The van der Waals surface area contributed by atoms with E-state index in [0.717, 1.165) is 0 Å². The van der Waals surface area contributed by atoms with E-state index in [-0.39, 0.29) is 12.8 Å². The number of hydrogen-bond acceptors (Lipinski definition) is 3. The summed E-state index contributed by atoms with van der Waals surface area (Å²) in [4.78, 5) is 21.3. The minimum Gasteiger partial charge on any atom is -0.811 e. The van der Waals surface area contributed by atoms with Crippen LogP contribution >= 0.6 is 7.60 Å². The van der Waals surface area contributed by atoms with Crippen LogP contribution in [0.1, 0.15) is 32.1 Å². The Morgan fingerprint density at radius 1 is 1.22 bits per heavy atom. The summed E-state index contributed by atoms with van der Waals surface area (Å²) in [7, 11) is -5.07. The molecule has 0 spiro atoms. The molecule has 0 N–H and O–H groups in total. The van der Waals surface area contributed by atoms with Gasteiger partial charge in [0.2, 0.25) is 0 Å². The van der Waals surface area contributed by atoms with Gasteiger partial charge in [0.05, 0.1) is 0 Å². The SMILES string of the molecule is O=P([O-])([O-])CC(CC(F)(F)F)C1CCCCC1F. The first-order valence-corrected chi connectivity index (χ1v) is 7.53. The largest absolute Gasteiger partial charge is 0.811 e. The van der Waals surface area contributed by atoms with E-state index in [1.807, 2.05) is 0 Å². The quantitative estimate of drug-likeness (QED) is 0.587. The van der Waals surface area contributed by atoms with Crippen LogP contribution in [0.3, 0.4) is 0 Å². The predicted molar refractivity (Wildman–Crippen MR) is 53.5 cm³/mol. The summed E-state index contributed by atoms with van der Waals surface area (Å²) < 4.78 is 61.3. The second-order valence-electron chi connectivity index (χ2n) is 4.84. The number of halogens is 4. The van der Waals surface area contributed by atoms with E-state index in [4.69, 9.17) is 0 Å². The molecule has 0 heterocycles. The molecular formula is C10H15F4O3P-2. The Kier molecular flexibility index (Phi) is 5.21. The van der Waals surface area contributed by atoms with Crippen LogP contribution in [-0.4, -0.2) is 18.5 Å². The number of rotatable bonds is 4. The van der Waals surface area contributed by atoms with Crippen molar-refractivity contribution in [3.63, 3.8) is 0 Å². The molecule has 8 heteroatoms. The minimum absolute atomic E-state index is 0.140. The zero-order valence-electron chi connectivity index (χ0n) is 9.66. The second-order valence-corrected chi connectivity index (χ2v) is 6.42. The zero-order valence-corrected chi connectivity index (χ0v) is 10.6. The fourth-order valence-electron chi connectivity index (χ4n) is 2.58. The Labute approximate surface area is 103 Å². The van der Waals surface area contributed by atoms with E-state index in [9.17, 15) is 31.9 Å². The lowest BCUT2D eigenvalue weighted by atomic mass is 9.78. The van der Waals surface area contributed by atoms with Crippen LogP contribution in [0.4, 0.5) is 17.6 Å². The molecule has 0 aromatic carbocycles. The number of alkyl halides is 4. The van der Waals surface area contributed by atoms with Crippen molar-refractivity contribution in [2.45, 2.75) is 44.5 Å². The highest BCUT2D eigenvalue weighted by Gasteiger charge is 2.39. The smallest absolute Gasteiger partial charge is 0.389 e. The Morgan fingerprint density at radius 3 is 2.22 bits per heavy atom. The predicted octanol–water partition coefficient (Wildman–Crippen LogP) is 2.00. The zero-order chi connectivity index (χ0) is 14.0. The average molecular weight is 290 g/mol. The fraction of sp³-hybridized carbons (Fsp3) is 1.00. The van der Waals surface area contributed by atoms with E-state index in [1.54, 1.807) is 0 Å². The van der Waals surface area contributed by atoms with Gasteiger partial charge < -0.3 is 14.4 Å². The molecule has 1 fully saturated rings. The van der Waals surface area contributed by atoms with Crippen LogP contribution in [0.5, 0.6) is 0 Å². The van der Waals surface area contributed by atoms with Crippen LogP contribution < -0.4 is 9.79 Å². The lowest BCUT2D eigenvalue weighted by molar-refractivity contribution is -0.314. The van der Waals surface area contributed by atoms with Gasteiger partial charge in [-0.05, 0) is 30.8 Å². The van der Waals surface area contributed by atoms with Gasteiger partial charge in [0.25, 0.3) is 0 Å². The molecule has 0 radical (unpaired) electrons. The normalized spacial score (nSPS) is 28.1. The van der Waals surface area contributed by atoms with E-state index >= 15 is 0 Å². The molecule has 0 saturated heterocycles. The second kappa shape index (κ2) is 5.88. The van der Waals surface area contributed by atoms with Gasteiger partial charge in [-0.1, -0.05) is 20.4 Å². The van der Waals surface area contributed by atoms with Gasteiger partial charge in [-0.2, -0.15) is 13.2 Å². The lowest BCUT2D eigenvalue weighted by Gasteiger charge is -2.39. The molecule has 108 valence electrons. The Morgan fingerprint density at radius 2 is 1.78 bits per heavy atom. The van der Waals surface area contributed by atoms with E-state index < -0.39 is 44.4 Å². The first kappa shape index (κ1) is 15.9. The van der Waals surface area contributed by atoms with Gasteiger partial charge in [0, 0.05) is 6.42 Å². The van der Waals surface area contributed by atoms with Gasteiger partial charge in [-0.25, -0.2) is 4.39 Å². The molecule has 1 saturated carbocycles. The highest BCUT2D eigenvalue weighted by molar-refractivity contribution is 7.48. The topological polar surface area (TPSA) is 63.2 Å². The summed E-state index contributed by atoms with van der Waals surface area (Å²) in [5, 5.41) is 0. The van der Waals surface area contributed by atoms with Crippen LogP contribution in [0.15, 0.2) is 0 Å². The molecule has 18 heavy (non-hydrogen) atoms. The molecule has 0 bridgehead atoms. The molecular weight excluding hydrogens is 275 g/mol. The molecule has 0 aliphatic heterocycles. The third-order valence-electron chi connectivity index (χ3n) is 3.29. The van der Waals surface area contributed by atoms with Crippen molar-refractivity contribution in [2.75, 3.05) is 6.16 Å². The van der Waals surface area contributed by atoms with Crippen LogP contribution in [0.25, 0.3) is 0 Å². The van der Waals surface area contributed by atoms with Crippen molar-refractivity contribution < 1.29 is 31.9 Å². The molecule has 1 aliphatic carbocycles.